The second-order valence-electron chi connectivity index (χ2n) is 3.74. The van der Waals surface area contributed by atoms with Crippen molar-refractivity contribution in [3.8, 4) is 0 Å². The van der Waals surface area contributed by atoms with Gasteiger partial charge in [-0.3, -0.25) is 0 Å². The molecule has 1 heteroatoms. The molecule has 0 aliphatic rings. The van der Waals surface area contributed by atoms with E-state index in [-0.39, 0.29) is 0 Å². The van der Waals surface area contributed by atoms with Gasteiger partial charge in [0.2, 0.25) is 0 Å². The van der Waals surface area contributed by atoms with Crippen molar-refractivity contribution < 1.29 is 0 Å². The lowest BCUT2D eigenvalue weighted by Gasteiger charge is -2.10. The number of rotatable bonds is 4. The Morgan fingerprint density at radius 1 is 1.31 bits per heavy atom. The molecule has 16 heavy (non-hydrogen) atoms. The lowest BCUT2D eigenvalue weighted by atomic mass is 9.98. The van der Waals surface area contributed by atoms with E-state index < -0.39 is 0 Å². The number of anilines is 1. The van der Waals surface area contributed by atoms with Crippen molar-refractivity contribution in [2.75, 3.05) is 5.73 Å². The molecule has 1 nitrogen and oxygen atoms in total. The predicted octanol–water partition coefficient (Wildman–Crippen LogP) is 4.81. The number of hydrogen-bond donors (Lipinski definition) is 1. The molecule has 0 saturated heterocycles. The van der Waals surface area contributed by atoms with Crippen molar-refractivity contribution in [3.63, 3.8) is 0 Å². The van der Waals surface area contributed by atoms with Gasteiger partial charge in [-0.15, -0.1) is 0 Å². The van der Waals surface area contributed by atoms with E-state index in [2.05, 4.69) is 19.6 Å². The van der Waals surface area contributed by atoms with Crippen LogP contribution < -0.4 is 5.73 Å². The predicted molar refractivity (Wildman–Crippen MR) is 75.5 cm³/mol. The van der Waals surface area contributed by atoms with Crippen LogP contribution in [0, 0.1) is 6.92 Å². The van der Waals surface area contributed by atoms with Gasteiger partial charge in [0.1, 0.15) is 0 Å². The molecule has 90 valence electrons. The standard InChI is InChI=1S/C13H19N.C2H6/c1-4-5-7-10(2)12-9-6-8-11(3)13(12)14;1-2/h6,8-9H,2,4-5,7,14H2,1,3H3;1-2H3. The van der Waals surface area contributed by atoms with Crippen LogP contribution in [0.1, 0.15) is 51.2 Å². The van der Waals surface area contributed by atoms with Gasteiger partial charge >= 0.3 is 0 Å². The van der Waals surface area contributed by atoms with Crippen molar-refractivity contribution in [1.29, 1.82) is 0 Å². The summed E-state index contributed by atoms with van der Waals surface area (Å²) < 4.78 is 0. The van der Waals surface area contributed by atoms with Crippen LogP contribution in [-0.4, -0.2) is 0 Å². The van der Waals surface area contributed by atoms with Crippen LogP contribution >= 0.6 is 0 Å². The summed E-state index contributed by atoms with van der Waals surface area (Å²) in [4.78, 5) is 0. The van der Waals surface area contributed by atoms with Gasteiger partial charge < -0.3 is 5.73 Å². The van der Waals surface area contributed by atoms with Crippen molar-refractivity contribution in [3.05, 3.63) is 35.9 Å². The number of allylic oxidation sites excluding steroid dienone is 1. The summed E-state index contributed by atoms with van der Waals surface area (Å²) in [6.07, 6.45) is 3.43. The zero-order valence-electron chi connectivity index (χ0n) is 11.1. The fourth-order valence-corrected chi connectivity index (χ4v) is 1.51. The normalized spacial score (nSPS) is 9.25. The SMILES string of the molecule is C=C(CCCC)c1cccc(C)c1N.CC. The highest BCUT2D eigenvalue weighted by molar-refractivity contribution is 5.75. The van der Waals surface area contributed by atoms with Crippen LogP contribution in [0.2, 0.25) is 0 Å². The minimum Gasteiger partial charge on any atom is -0.398 e. The van der Waals surface area contributed by atoms with Crippen LogP contribution in [0.15, 0.2) is 24.8 Å². The number of nitrogens with two attached hydrogens (primary N) is 1. The van der Waals surface area contributed by atoms with Crippen molar-refractivity contribution in [2.24, 2.45) is 0 Å². The second-order valence-corrected chi connectivity index (χ2v) is 3.74. The van der Waals surface area contributed by atoms with E-state index in [0.29, 0.717) is 0 Å². The molecular weight excluding hydrogens is 194 g/mol. The largest absolute Gasteiger partial charge is 0.398 e. The lowest BCUT2D eigenvalue weighted by molar-refractivity contribution is 0.825. The first-order valence-corrected chi connectivity index (χ1v) is 6.20. The Balaban J connectivity index is 0.00000106. The van der Waals surface area contributed by atoms with E-state index >= 15 is 0 Å². The van der Waals surface area contributed by atoms with Gasteiger partial charge in [0.05, 0.1) is 0 Å². The van der Waals surface area contributed by atoms with Gasteiger partial charge in [-0.1, -0.05) is 52.0 Å². The maximum atomic E-state index is 5.99. The number of unbranched alkanes of at least 4 members (excludes halogenated alkanes) is 1. The molecule has 1 rings (SSSR count). The van der Waals surface area contributed by atoms with Gasteiger partial charge in [0, 0.05) is 11.3 Å². The van der Waals surface area contributed by atoms with Gasteiger partial charge in [0.25, 0.3) is 0 Å². The van der Waals surface area contributed by atoms with Gasteiger partial charge in [-0.05, 0) is 30.9 Å². The summed E-state index contributed by atoms with van der Waals surface area (Å²) in [5.74, 6) is 0. The topological polar surface area (TPSA) is 26.0 Å². The summed E-state index contributed by atoms with van der Waals surface area (Å²) in [7, 11) is 0. The molecular formula is C15H25N. The Morgan fingerprint density at radius 2 is 1.94 bits per heavy atom. The number of para-hydroxylation sites is 1. The maximum Gasteiger partial charge on any atom is 0.0419 e. The van der Waals surface area contributed by atoms with E-state index in [9.17, 15) is 0 Å². The smallest absolute Gasteiger partial charge is 0.0419 e. The molecule has 2 N–H and O–H groups in total. The quantitative estimate of drug-likeness (QED) is 0.723. The Bertz CT molecular complexity index is 326. The summed E-state index contributed by atoms with van der Waals surface area (Å²) in [5, 5.41) is 0. The highest BCUT2D eigenvalue weighted by atomic mass is 14.6. The molecule has 0 bridgehead atoms. The fourth-order valence-electron chi connectivity index (χ4n) is 1.51. The molecule has 0 aliphatic carbocycles. The molecule has 0 amide bonds. The highest BCUT2D eigenvalue weighted by Gasteiger charge is 2.04. The van der Waals surface area contributed by atoms with Gasteiger partial charge in [0.15, 0.2) is 0 Å². The molecule has 0 atom stereocenters. The molecule has 0 heterocycles. The van der Waals surface area contributed by atoms with Crippen LogP contribution in [-0.2, 0) is 0 Å². The molecule has 0 radical (unpaired) electrons. The first kappa shape index (κ1) is 14.8. The number of aryl methyl sites for hydroxylation is 1. The maximum absolute atomic E-state index is 5.99. The van der Waals surface area contributed by atoms with E-state index in [1.54, 1.807) is 0 Å². The van der Waals surface area contributed by atoms with Crippen LogP contribution in [0.3, 0.4) is 0 Å². The Labute approximate surface area is 100 Å². The Morgan fingerprint density at radius 3 is 2.50 bits per heavy atom. The summed E-state index contributed by atoms with van der Waals surface area (Å²) in [6, 6.07) is 6.13. The van der Waals surface area contributed by atoms with Gasteiger partial charge in [-0.25, -0.2) is 0 Å². The number of hydrogen-bond acceptors (Lipinski definition) is 1. The summed E-state index contributed by atoms with van der Waals surface area (Å²) in [6.45, 7) is 12.3. The third kappa shape index (κ3) is 4.09. The van der Waals surface area contributed by atoms with E-state index in [4.69, 9.17) is 5.73 Å². The van der Waals surface area contributed by atoms with E-state index in [0.717, 1.165) is 28.8 Å². The molecule has 0 saturated carbocycles. The summed E-state index contributed by atoms with van der Waals surface area (Å²) in [5.41, 5.74) is 10.3. The third-order valence-electron chi connectivity index (χ3n) is 2.54. The zero-order valence-corrected chi connectivity index (χ0v) is 11.1. The first-order valence-electron chi connectivity index (χ1n) is 6.20. The Hall–Kier alpha value is -1.24. The minimum atomic E-state index is 0.883. The van der Waals surface area contributed by atoms with Crippen LogP contribution in [0.4, 0.5) is 5.69 Å². The zero-order chi connectivity index (χ0) is 12.6. The second kappa shape index (κ2) is 7.98. The number of nitrogen functional groups attached to an aromatic ring is 1. The highest BCUT2D eigenvalue weighted by Crippen LogP contribution is 2.26. The van der Waals surface area contributed by atoms with Crippen molar-refractivity contribution in [1.82, 2.24) is 0 Å². The van der Waals surface area contributed by atoms with E-state index in [1.165, 1.54) is 12.8 Å². The van der Waals surface area contributed by atoms with Crippen LogP contribution in [0.25, 0.3) is 5.57 Å². The Kier molecular flexibility index (Phi) is 7.36. The average molecular weight is 219 g/mol. The first-order chi connectivity index (χ1) is 7.66. The van der Waals surface area contributed by atoms with Crippen molar-refractivity contribution >= 4 is 11.3 Å². The molecule has 0 spiro atoms. The minimum absolute atomic E-state index is 0.883. The fraction of sp³-hybridized carbons (Fsp3) is 0.467. The molecule has 1 aromatic rings. The molecule has 1 aromatic carbocycles. The molecule has 0 unspecified atom stereocenters. The summed E-state index contributed by atoms with van der Waals surface area (Å²) >= 11 is 0. The third-order valence-corrected chi connectivity index (χ3v) is 2.54. The van der Waals surface area contributed by atoms with E-state index in [1.807, 2.05) is 32.9 Å². The van der Waals surface area contributed by atoms with Crippen molar-refractivity contribution in [2.45, 2.75) is 47.0 Å². The molecule has 0 fully saturated rings. The number of benzene rings is 1. The average Bonchev–Trinajstić information content (AvgIpc) is 2.32. The molecule has 0 aromatic heterocycles. The monoisotopic (exact) mass is 219 g/mol. The molecule has 0 aliphatic heterocycles. The van der Waals surface area contributed by atoms with Crippen LogP contribution in [0.5, 0.6) is 0 Å². The lowest BCUT2D eigenvalue weighted by Crippen LogP contribution is -1.96. The van der Waals surface area contributed by atoms with Gasteiger partial charge in [-0.2, -0.15) is 0 Å².